The van der Waals surface area contributed by atoms with E-state index >= 15 is 0 Å². The number of nitrogens with zero attached hydrogens (tertiary/aromatic N) is 1. The standard InChI is InChI=1S/C14H20FN3O2/c1-4-20-14(16-8-9-18(2)3)17-13(19)11-6-5-7-12(15)10-11/h5-7,10H,4,8-9H2,1-3H3,(H,16,17,19)/p+1. The highest BCUT2D eigenvalue weighted by Gasteiger charge is 2.10. The number of carbonyl (C=O) groups is 1. The van der Waals surface area contributed by atoms with E-state index in [-0.39, 0.29) is 11.6 Å². The highest BCUT2D eigenvalue weighted by atomic mass is 19.1. The van der Waals surface area contributed by atoms with Crippen molar-refractivity contribution in [3.63, 3.8) is 0 Å². The lowest BCUT2D eigenvalue weighted by Crippen LogP contribution is -3.06. The van der Waals surface area contributed by atoms with Gasteiger partial charge in [-0.05, 0) is 25.1 Å². The predicted octanol–water partition coefficient (Wildman–Crippen LogP) is 0.0925. The quantitative estimate of drug-likeness (QED) is 0.594. The van der Waals surface area contributed by atoms with Crippen LogP contribution in [0.1, 0.15) is 17.3 Å². The molecule has 0 bridgehead atoms. The predicted molar refractivity (Wildman–Crippen MR) is 75.5 cm³/mol. The molecule has 1 aromatic rings. The summed E-state index contributed by atoms with van der Waals surface area (Å²) in [5.74, 6) is -0.891. The molecule has 0 unspecified atom stereocenters. The average molecular weight is 282 g/mol. The highest BCUT2D eigenvalue weighted by molar-refractivity contribution is 6.04. The maximum atomic E-state index is 13.1. The van der Waals surface area contributed by atoms with Crippen LogP contribution in [0.2, 0.25) is 0 Å². The number of rotatable bonds is 5. The summed E-state index contributed by atoms with van der Waals surface area (Å²) in [6, 6.07) is 5.64. The minimum atomic E-state index is -0.455. The molecule has 6 heteroatoms. The van der Waals surface area contributed by atoms with Gasteiger partial charge < -0.3 is 9.64 Å². The second-order valence-electron chi connectivity index (χ2n) is 4.54. The van der Waals surface area contributed by atoms with Crippen molar-refractivity contribution in [1.29, 1.82) is 0 Å². The first-order valence-corrected chi connectivity index (χ1v) is 6.56. The number of likely N-dealkylation sites (N-methyl/N-ethyl adjacent to an activating group) is 1. The lowest BCUT2D eigenvalue weighted by Gasteiger charge is -2.10. The second kappa shape index (κ2) is 8.27. The van der Waals surface area contributed by atoms with E-state index in [4.69, 9.17) is 4.74 Å². The minimum Gasteiger partial charge on any atom is -0.465 e. The Morgan fingerprint density at radius 3 is 2.80 bits per heavy atom. The Hall–Kier alpha value is -1.95. The first kappa shape index (κ1) is 16.1. The fourth-order valence-electron chi connectivity index (χ4n) is 1.44. The first-order valence-electron chi connectivity index (χ1n) is 6.56. The van der Waals surface area contributed by atoms with Crippen LogP contribution in [0.25, 0.3) is 0 Å². The van der Waals surface area contributed by atoms with E-state index in [2.05, 4.69) is 10.3 Å². The number of ether oxygens (including phenoxy) is 1. The smallest absolute Gasteiger partial charge is 0.291 e. The monoisotopic (exact) mass is 282 g/mol. The SMILES string of the molecule is CCOC(=NCC[NH+](C)C)NC(=O)c1cccc(F)c1. The highest BCUT2D eigenvalue weighted by Crippen LogP contribution is 2.03. The van der Waals surface area contributed by atoms with E-state index in [0.29, 0.717) is 13.2 Å². The van der Waals surface area contributed by atoms with Gasteiger partial charge in [-0.15, -0.1) is 0 Å². The summed E-state index contributed by atoms with van der Waals surface area (Å²) in [4.78, 5) is 17.4. The number of benzene rings is 1. The Labute approximate surface area is 118 Å². The van der Waals surface area contributed by atoms with Gasteiger partial charge >= 0.3 is 0 Å². The van der Waals surface area contributed by atoms with Gasteiger partial charge in [-0.25, -0.2) is 9.38 Å². The number of hydrogen-bond donors (Lipinski definition) is 2. The lowest BCUT2D eigenvalue weighted by molar-refractivity contribution is -0.856. The molecule has 0 heterocycles. The normalized spacial score (nSPS) is 11.6. The van der Waals surface area contributed by atoms with Crippen molar-refractivity contribution in [2.24, 2.45) is 4.99 Å². The third-order valence-corrected chi connectivity index (χ3v) is 2.46. The van der Waals surface area contributed by atoms with Crippen LogP contribution in [0.3, 0.4) is 0 Å². The molecule has 20 heavy (non-hydrogen) atoms. The van der Waals surface area contributed by atoms with E-state index in [0.717, 1.165) is 6.54 Å². The summed E-state index contributed by atoms with van der Waals surface area (Å²) in [6.07, 6.45) is 0. The molecule has 0 aliphatic carbocycles. The van der Waals surface area contributed by atoms with E-state index in [1.807, 2.05) is 14.1 Å². The van der Waals surface area contributed by atoms with Crippen molar-refractivity contribution < 1.29 is 18.8 Å². The van der Waals surface area contributed by atoms with E-state index < -0.39 is 11.7 Å². The summed E-state index contributed by atoms with van der Waals surface area (Å²) in [5, 5.41) is 2.55. The van der Waals surface area contributed by atoms with Gasteiger partial charge in [0.25, 0.3) is 11.9 Å². The van der Waals surface area contributed by atoms with Crippen LogP contribution >= 0.6 is 0 Å². The number of hydrogen-bond acceptors (Lipinski definition) is 3. The maximum Gasteiger partial charge on any atom is 0.291 e. The second-order valence-corrected chi connectivity index (χ2v) is 4.54. The first-order chi connectivity index (χ1) is 9.52. The van der Waals surface area contributed by atoms with Crippen LogP contribution in [0.5, 0.6) is 0 Å². The Balaban J connectivity index is 2.67. The summed E-state index contributed by atoms with van der Waals surface area (Å²) < 4.78 is 18.3. The van der Waals surface area contributed by atoms with Gasteiger partial charge in [-0.3, -0.25) is 10.1 Å². The third-order valence-electron chi connectivity index (χ3n) is 2.46. The summed E-state index contributed by atoms with van der Waals surface area (Å²) in [6.45, 7) is 3.58. The van der Waals surface area contributed by atoms with Gasteiger partial charge in [-0.2, -0.15) is 0 Å². The van der Waals surface area contributed by atoms with Gasteiger partial charge in [0.15, 0.2) is 0 Å². The number of aliphatic imine (C=N–C) groups is 1. The average Bonchev–Trinajstić information content (AvgIpc) is 2.38. The zero-order valence-corrected chi connectivity index (χ0v) is 12.1. The molecule has 0 aromatic heterocycles. The molecule has 0 radical (unpaired) electrons. The summed E-state index contributed by atoms with van der Waals surface area (Å²) >= 11 is 0. The molecule has 0 atom stereocenters. The number of quaternary nitrogens is 1. The lowest BCUT2D eigenvalue weighted by atomic mass is 10.2. The van der Waals surface area contributed by atoms with Crippen molar-refractivity contribution in [2.75, 3.05) is 33.8 Å². The topological polar surface area (TPSA) is 55.1 Å². The van der Waals surface area contributed by atoms with Crippen molar-refractivity contribution in [2.45, 2.75) is 6.92 Å². The minimum absolute atomic E-state index is 0.169. The molecule has 110 valence electrons. The van der Waals surface area contributed by atoms with Crippen LogP contribution < -0.4 is 10.2 Å². The Morgan fingerprint density at radius 1 is 1.45 bits per heavy atom. The van der Waals surface area contributed by atoms with Crippen LogP contribution in [0.15, 0.2) is 29.3 Å². The molecule has 1 aromatic carbocycles. The summed E-state index contributed by atoms with van der Waals surface area (Å²) in [5.41, 5.74) is 0.232. The van der Waals surface area contributed by atoms with Crippen LogP contribution in [-0.2, 0) is 4.74 Å². The number of amidine groups is 1. The van der Waals surface area contributed by atoms with Gasteiger partial charge in [0.2, 0.25) is 0 Å². The number of nitrogens with one attached hydrogen (secondary N) is 2. The van der Waals surface area contributed by atoms with Gasteiger partial charge in [0, 0.05) is 5.56 Å². The third kappa shape index (κ3) is 5.79. The molecule has 0 aliphatic heterocycles. The van der Waals surface area contributed by atoms with E-state index in [9.17, 15) is 9.18 Å². The zero-order chi connectivity index (χ0) is 15.0. The van der Waals surface area contributed by atoms with E-state index in [1.54, 1.807) is 6.92 Å². The van der Waals surface area contributed by atoms with Gasteiger partial charge in [0.05, 0.1) is 33.8 Å². The molecule has 0 saturated heterocycles. The maximum absolute atomic E-state index is 13.1. The van der Waals surface area contributed by atoms with Crippen LogP contribution in [-0.4, -0.2) is 45.7 Å². The number of halogens is 1. The largest absolute Gasteiger partial charge is 0.465 e. The Bertz CT molecular complexity index is 475. The van der Waals surface area contributed by atoms with Gasteiger partial charge in [-0.1, -0.05) is 6.07 Å². The fraction of sp³-hybridized carbons (Fsp3) is 0.429. The van der Waals surface area contributed by atoms with Crippen molar-refractivity contribution in [1.82, 2.24) is 5.32 Å². The zero-order valence-electron chi connectivity index (χ0n) is 12.1. The van der Waals surface area contributed by atoms with Crippen molar-refractivity contribution in [3.05, 3.63) is 35.6 Å². The number of amides is 1. The molecule has 0 saturated carbocycles. The van der Waals surface area contributed by atoms with Crippen molar-refractivity contribution in [3.8, 4) is 0 Å². The molecule has 0 fully saturated rings. The van der Waals surface area contributed by atoms with Gasteiger partial charge in [0.1, 0.15) is 5.82 Å². The molecular weight excluding hydrogens is 261 g/mol. The molecule has 0 spiro atoms. The molecule has 1 amide bonds. The molecule has 5 nitrogen and oxygen atoms in total. The van der Waals surface area contributed by atoms with Crippen LogP contribution in [0, 0.1) is 5.82 Å². The van der Waals surface area contributed by atoms with Crippen LogP contribution in [0.4, 0.5) is 4.39 Å². The van der Waals surface area contributed by atoms with E-state index in [1.165, 1.54) is 29.2 Å². The molecule has 1 rings (SSSR count). The Morgan fingerprint density at radius 2 is 2.20 bits per heavy atom. The van der Waals surface area contributed by atoms with Crippen molar-refractivity contribution >= 4 is 11.9 Å². The fourth-order valence-corrected chi connectivity index (χ4v) is 1.44. The Kier molecular flexibility index (Phi) is 6.66. The molecule has 0 aliphatic rings. The number of carbonyl (C=O) groups excluding carboxylic acids is 1. The molecular formula is C14H21FN3O2+. The molecule has 2 N–H and O–H groups in total. The summed E-state index contributed by atoms with van der Waals surface area (Å²) in [7, 11) is 4.03.